The molecule has 1 aliphatic carbocycles. The molecule has 0 spiro atoms. The second kappa shape index (κ2) is 12.0. The molecule has 214 valence electrons. The van der Waals surface area contributed by atoms with Crippen LogP contribution < -0.4 is 10.6 Å². The van der Waals surface area contributed by atoms with Crippen molar-refractivity contribution in [3.8, 4) is 0 Å². The van der Waals surface area contributed by atoms with E-state index in [0.29, 0.717) is 5.70 Å². The summed E-state index contributed by atoms with van der Waals surface area (Å²) < 4.78 is 44.8. The van der Waals surface area contributed by atoms with E-state index < -0.39 is 30.4 Å². The number of benzene rings is 1. The van der Waals surface area contributed by atoms with E-state index in [4.69, 9.17) is 0 Å². The molecule has 1 unspecified atom stereocenters. The summed E-state index contributed by atoms with van der Waals surface area (Å²) in [6.07, 6.45) is 5.91. The van der Waals surface area contributed by atoms with Crippen molar-refractivity contribution in [2.24, 2.45) is 4.99 Å². The van der Waals surface area contributed by atoms with Crippen LogP contribution in [0.4, 0.5) is 18.9 Å². The highest BCUT2D eigenvalue weighted by Gasteiger charge is 2.49. The molecule has 3 fully saturated rings. The number of carbonyl (C=O) groups excluding carboxylic acids is 2. The summed E-state index contributed by atoms with van der Waals surface area (Å²) in [5.41, 5.74) is 0.658. The molecule has 1 aromatic carbocycles. The van der Waals surface area contributed by atoms with E-state index in [1.807, 2.05) is 7.05 Å². The third-order valence-electron chi connectivity index (χ3n) is 7.85. The van der Waals surface area contributed by atoms with Crippen LogP contribution in [0.5, 0.6) is 0 Å². The highest BCUT2D eigenvalue weighted by molar-refractivity contribution is 6.04. The Balaban J connectivity index is 1.53. The number of carbonyl (C=O) groups is 2. The molecule has 0 radical (unpaired) electrons. The van der Waals surface area contributed by atoms with Crippen LogP contribution in [-0.2, 0) is 4.79 Å². The van der Waals surface area contributed by atoms with Crippen LogP contribution in [0.15, 0.2) is 35.0 Å². The minimum Gasteiger partial charge on any atom is -0.362 e. The Bertz CT molecular complexity index is 1130. The van der Waals surface area contributed by atoms with Crippen molar-refractivity contribution in [1.29, 1.82) is 0 Å². The van der Waals surface area contributed by atoms with Gasteiger partial charge in [-0.1, -0.05) is 18.9 Å². The molecule has 3 aliphatic rings. The molecule has 11 heteroatoms. The summed E-state index contributed by atoms with van der Waals surface area (Å²) in [6, 6.07) is 4.13. The monoisotopic (exact) mass is 548 g/mol. The number of hydrogen-bond donors (Lipinski definition) is 2. The first-order valence-electron chi connectivity index (χ1n) is 13.7. The van der Waals surface area contributed by atoms with E-state index in [0.717, 1.165) is 56.5 Å². The van der Waals surface area contributed by atoms with Gasteiger partial charge in [-0.2, -0.15) is 8.78 Å². The number of alkyl halides is 2. The number of halogens is 3. The minimum absolute atomic E-state index is 0.0611. The van der Waals surface area contributed by atoms with Crippen LogP contribution in [0.3, 0.4) is 0 Å². The molecule has 0 bridgehead atoms. The van der Waals surface area contributed by atoms with Crippen LogP contribution in [-0.4, -0.2) is 90.3 Å². The molecule has 1 aromatic rings. The average molecular weight is 549 g/mol. The number of aliphatic imine (C=N–C) groups is 1. The first-order chi connectivity index (χ1) is 18.5. The van der Waals surface area contributed by atoms with E-state index in [1.54, 1.807) is 30.9 Å². The number of hydrogen-bond acceptors (Lipinski definition) is 5. The Kier molecular flexibility index (Phi) is 8.88. The third kappa shape index (κ3) is 6.57. The van der Waals surface area contributed by atoms with Gasteiger partial charge in [-0.05, 0) is 77.9 Å². The van der Waals surface area contributed by atoms with Gasteiger partial charge in [0, 0.05) is 24.7 Å². The fraction of sp³-hybridized carbons (Fsp3) is 0.607. The number of likely N-dealkylation sites (tertiary alicyclic amines) is 1. The van der Waals surface area contributed by atoms with Gasteiger partial charge < -0.3 is 25.3 Å². The molecule has 2 heterocycles. The summed E-state index contributed by atoms with van der Waals surface area (Å²) in [6.45, 7) is 4.42. The van der Waals surface area contributed by atoms with E-state index in [2.05, 4.69) is 20.5 Å². The molecule has 39 heavy (non-hydrogen) atoms. The molecule has 1 atom stereocenters. The fourth-order valence-electron chi connectivity index (χ4n) is 5.63. The van der Waals surface area contributed by atoms with Crippen molar-refractivity contribution in [2.45, 2.75) is 76.5 Å². The zero-order chi connectivity index (χ0) is 28.3. The van der Waals surface area contributed by atoms with Gasteiger partial charge in [0.05, 0.1) is 17.9 Å². The second-order valence-electron chi connectivity index (χ2n) is 10.8. The number of anilines is 1. The Hall–Kier alpha value is -3.08. The molecule has 2 saturated heterocycles. The number of nitrogens with zero attached hydrogens (tertiary/aromatic N) is 4. The van der Waals surface area contributed by atoms with Crippen LogP contribution in [0.2, 0.25) is 0 Å². The number of likely N-dealkylation sites (N-methyl/N-ethyl adjacent to an activating group) is 1. The van der Waals surface area contributed by atoms with Gasteiger partial charge in [-0.25, -0.2) is 9.38 Å². The van der Waals surface area contributed by atoms with Gasteiger partial charge in [0.2, 0.25) is 0 Å². The van der Waals surface area contributed by atoms with Crippen molar-refractivity contribution in [2.75, 3.05) is 39.0 Å². The van der Waals surface area contributed by atoms with Gasteiger partial charge in [-0.3, -0.25) is 9.59 Å². The predicted molar refractivity (Wildman–Crippen MR) is 145 cm³/mol. The zero-order valence-electron chi connectivity index (χ0n) is 23.1. The lowest BCUT2D eigenvalue weighted by molar-refractivity contribution is -0.154. The molecule has 4 rings (SSSR count). The maximum atomic E-state index is 15.1. The highest BCUT2D eigenvalue weighted by atomic mass is 19.3. The van der Waals surface area contributed by atoms with Gasteiger partial charge in [0.15, 0.2) is 0 Å². The maximum Gasteiger partial charge on any atom is 0.342 e. The number of allylic oxidation sites excluding steroid dienone is 1. The van der Waals surface area contributed by atoms with E-state index in [-0.39, 0.29) is 35.1 Å². The smallest absolute Gasteiger partial charge is 0.342 e. The topological polar surface area (TPSA) is 80.3 Å². The molecule has 2 N–H and O–H groups in total. The van der Waals surface area contributed by atoms with Crippen LogP contribution in [0, 0.1) is 5.82 Å². The Labute approximate surface area is 228 Å². The first-order valence-corrected chi connectivity index (χ1v) is 13.7. The molecular formula is C28H39F3N6O2. The Morgan fingerprint density at radius 2 is 1.82 bits per heavy atom. The number of rotatable bonds is 6. The van der Waals surface area contributed by atoms with Crippen molar-refractivity contribution in [3.63, 3.8) is 0 Å². The number of amides is 2. The lowest BCUT2D eigenvalue weighted by atomic mass is 10.0. The number of amidine groups is 1. The van der Waals surface area contributed by atoms with E-state index in [9.17, 15) is 18.4 Å². The van der Waals surface area contributed by atoms with Crippen molar-refractivity contribution < 1.29 is 22.8 Å². The normalized spacial score (nSPS) is 24.3. The summed E-state index contributed by atoms with van der Waals surface area (Å²) in [7, 11) is 3.37. The highest BCUT2D eigenvalue weighted by Crippen LogP contribution is 2.33. The zero-order valence-corrected chi connectivity index (χ0v) is 23.1. The predicted octanol–water partition coefficient (Wildman–Crippen LogP) is 4.06. The Morgan fingerprint density at radius 3 is 2.44 bits per heavy atom. The fourth-order valence-corrected chi connectivity index (χ4v) is 5.63. The molecule has 1 saturated carbocycles. The minimum atomic E-state index is -3.56. The SMILES string of the molecule is C/C=C1\C(=N/C(C)Nc2ccc(C(=O)NC3CCN(C)CC3)cc2F)N(C2CCCC2)CC(F)(F)C(=O)N1C. The number of piperidine rings is 1. The molecule has 0 aromatic heterocycles. The van der Waals surface area contributed by atoms with Crippen molar-refractivity contribution in [1.82, 2.24) is 20.0 Å². The molecule has 8 nitrogen and oxygen atoms in total. The first kappa shape index (κ1) is 28.9. The standard InChI is InChI=1S/C28H39F3N6O2/c1-5-24-25(37(21-8-6-7-9-21)17-28(30,31)27(39)36(24)4)33-18(2)32-23-11-10-19(16-22(23)29)26(38)34-20-12-14-35(3)15-13-20/h5,10-11,16,18,20-21,32H,6-9,12-15,17H2,1-4H3,(H,34,38)/b24-5+,33-25+. The Morgan fingerprint density at radius 1 is 1.15 bits per heavy atom. The van der Waals surface area contributed by atoms with Gasteiger partial charge in [-0.15, -0.1) is 0 Å². The summed E-state index contributed by atoms with van der Waals surface area (Å²) in [5.74, 6) is -5.48. The van der Waals surface area contributed by atoms with Crippen LogP contribution >= 0.6 is 0 Å². The summed E-state index contributed by atoms with van der Waals surface area (Å²) in [4.78, 5) is 34.6. The summed E-state index contributed by atoms with van der Waals surface area (Å²) in [5, 5.41) is 5.97. The number of nitrogens with one attached hydrogen (secondary N) is 2. The van der Waals surface area contributed by atoms with Gasteiger partial charge >= 0.3 is 5.92 Å². The van der Waals surface area contributed by atoms with Crippen LogP contribution in [0.1, 0.15) is 62.7 Å². The average Bonchev–Trinajstić information content (AvgIpc) is 3.42. The largest absolute Gasteiger partial charge is 0.362 e. The maximum absolute atomic E-state index is 15.1. The van der Waals surface area contributed by atoms with Crippen LogP contribution in [0.25, 0.3) is 0 Å². The van der Waals surface area contributed by atoms with E-state index in [1.165, 1.54) is 19.2 Å². The van der Waals surface area contributed by atoms with E-state index >= 15 is 4.39 Å². The molecule has 2 aliphatic heterocycles. The third-order valence-corrected chi connectivity index (χ3v) is 7.85. The second-order valence-corrected chi connectivity index (χ2v) is 10.8. The summed E-state index contributed by atoms with van der Waals surface area (Å²) >= 11 is 0. The molecular weight excluding hydrogens is 509 g/mol. The lowest BCUT2D eigenvalue weighted by Crippen LogP contribution is -2.47. The lowest BCUT2D eigenvalue weighted by Gasteiger charge is -2.33. The quantitative estimate of drug-likeness (QED) is 0.561. The van der Waals surface area contributed by atoms with Gasteiger partial charge in [0.25, 0.3) is 11.8 Å². The van der Waals surface area contributed by atoms with Gasteiger partial charge in [0.1, 0.15) is 17.8 Å². The molecule has 2 amide bonds. The van der Waals surface area contributed by atoms with Crippen molar-refractivity contribution in [3.05, 3.63) is 41.4 Å². The van der Waals surface area contributed by atoms with Crippen molar-refractivity contribution >= 4 is 23.3 Å².